The van der Waals surface area contributed by atoms with Gasteiger partial charge >= 0.3 is 0 Å². The second-order valence-corrected chi connectivity index (χ2v) is 9.26. The van der Waals surface area contributed by atoms with Crippen molar-refractivity contribution in [2.75, 3.05) is 27.2 Å². The molecular formula is C22H20Br2N2O3. The fourth-order valence-corrected chi connectivity index (χ4v) is 4.40. The molecular weight excluding hydrogens is 500 g/mol. The second kappa shape index (κ2) is 8.05. The molecule has 2 heterocycles. The van der Waals surface area contributed by atoms with E-state index in [9.17, 15) is 9.59 Å². The van der Waals surface area contributed by atoms with Crippen LogP contribution in [0.15, 0.2) is 60.6 Å². The van der Waals surface area contributed by atoms with Crippen LogP contribution in [0.4, 0.5) is 0 Å². The number of halogens is 2. The zero-order valence-electron chi connectivity index (χ0n) is 16.1. The van der Waals surface area contributed by atoms with Crippen LogP contribution in [0.2, 0.25) is 0 Å². The Hall–Kier alpha value is -1.96. The summed E-state index contributed by atoms with van der Waals surface area (Å²) in [5, 5.41) is 0.475. The third-order valence-electron chi connectivity index (χ3n) is 5.12. The molecule has 150 valence electrons. The van der Waals surface area contributed by atoms with Crippen molar-refractivity contribution >= 4 is 48.7 Å². The van der Waals surface area contributed by atoms with E-state index in [2.05, 4.69) is 36.8 Å². The highest BCUT2D eigenvalue weighted by atomic mass is 79.9. The predicted octanol–water partition coefficient (Wildman–Crippen LogP) is 4.81. The first-order valence-corrected chi connectivity index (χ1v) is 10.9. The predicted molar refractivity (Wildman–Crippen MR) is 120 cm³/mol. The van der Waals surface area contributed by atoms with E-state index < -0.39 is 6.04 Å². The average molecular weight is 520 g/mol. The zero-order valence-corrected chi connectivity index (χ0v) is 19.3. The Morgan fingerprint density at radius 3 is 2.41 bits per heavy atom. The number of hydrogen-bond donors (Lipinski definition) is 0. The first-order chi connectivity index (χ1) is 13.9. The van der Waals surface area contributed by atoms with Crippen molar-refractivity contribution in [1.82, 2.24) is 9.80 Å². The second-order valence-electron chi connectivity index (χ2n) is 7.42. The highest BCUT2D eigenvalue weighted by Gasteiger charge is 2.42. The maximum absolute atomic E-state index is 13.4. The number of amides is 1. The van der Waals surface area contributed by atoms with Crippen molar-refractivity contribution in [3.63, 3.8) is 0 Å². The number of carbonyl (C=O) groups is 1. The van der Waals surface area contributed by atoms with Crippen LogP contribution in [0.5, 0.6) is 0 Å². The van der Waals surface area contributed by atoms with Crippen LogP contribution in [0.25, 0.3) is 11.0 Å². The third-order valence-corrected chi connectivity index (χ3v) is 6.14. The van der Waals surface area contributed by atoms with Gasteiger partial charge in [0, 0.05) is 15.5 Å². The Morgan fingerprint density at radius 1 is 1.03 bits per heavy atom. The molecule has 3 aromatic rings. The van der Waals surface area contributed by atoms with Gasteiger partial charge in [0.15, 0.2) is 5.43 Å². The Balaban J connectivity index is 1.88. The molecule has 7 heteroatoms. The number of benzene rings is 2. The summed E-state index contributed by atoms with van der Waals surface area (Å²) < 4.78 is 7.69. The van der Waals surface area contributed by atoms with E-state index in [0.29, 0.717) is 23.1 Å². The van der Waals surface area contributed by atoms with Crippen molar-refractivity contribution in [3.8, 4) is 0 Å². The Morgan fingerprint density at radius 2 is 1.72 bits per heavy atom. The number of nitrogens with zero attached hydrogens (tertiary/aromatic N) is 2. The van der Waals surface area contributed by atoms with Crippen LogP contribution in [0.1, 0.15) is 34.1 Å². The first-order valence-electron chi connectivity index (χ1n) is 9.34. The van der Waals surface area contributed by atoms with Crippen LogP contribution in [0, 0.1) is 0 Å². The van der Waals surface area contributed by atoms with Crippen LogP contribution in [-0.4, -0.2) is 42.9 Å². The Kier molecular flexibility index (Phi) is 5.64. The molecule has 1 atom stereocenters. The molecule has 1 aliphatic rings. The summed E-state index contributed by atoms with van der Waals surface area (Å²) in [7, 11) is 4.00. The lowest BCUT2D eigenvalue weighted by atomic mass is 9.98. The number of carbonyl (C=O) groups excluding carboxylic acids is 1. The highest BCUT2D eigenvalue weighted by molar-refractivity contribution is 9.10. The monoisotopic (exact) mass is 518 g/mol. The lowest BCUT2D eigenvalue weighted by Crippen LogP contribution is -2.32. The number of fused-ring (bicyclic) bond motifs is 2. The van der Waals surface area contributed by atoms with Gasteiger partial charge in [0.1, 0.15) is 5.58 Å². The van der Waals surface area contributed by atoms with Crippen LogP contribution < -0.4 is 5.43 Å². The van der Waals surface area contributed by atoms with Gasteiger partial charge in [-0.1, -0.05) is 44.0 Å². The van der Waals surface area contributed by atoms with E-state index in [1.165, 1.54) is 0 Å². The topological polar surface area (TPSA) is 53.8 Å². The van der Waals surface area contributed by atoms with Gasteiger partial charge < -0.3 is 14.2 Å². The fourth-order valence-electron chi connectivity index (χ4n) is 3.77. The van der Waals surface area contributed by atoms with Gasteiger partial charge in [-0.3, -0.25) is 9.59 Å². The van der Waals surface area contributed by atoms with Gasteiger partial charge in [0.2, 0.25) is 5.76 Å². The SMILES string of the molecule is CN(C)CCCN1C(=O)c2oc3ccc(Br)cc3c(=O)c2C1c1ccc(Br)cc1. The number of hydrogen-bond acceptors (Lipinski definition) is 4. The zero-order chi connectivity index (χ0) is 20.7. The normalized spacial score (nSPS) is 16.1. The third kappa shape index (κ3) is 3.79. The maximum Gasteiger partial charge on any atom is 0.290 e. The maximum atomic E-state index is 13.4. The molecule has 29 heavy (non-hydrogen) atoms. The van der Waals surface area contributed by atoms with Crippen LogP contribution in [-0.2, 0) is 0 Å². The molecule has 4 rings (SSSR count). The minimum absolute atomic E-state index is 0.154. The molecule has 1 aromatic heterocycles. The van der Waals surface area contributed by atoms with Crippen molar-refractivity contribution in [3.05, 3.63) is 78.5 Å². The van der Waals surface area contributed by atoms with Crippen LogP contribution >= 0.6 is 31.9 Å². The van der Waals surface area contributed by atoms with Gasteiger partial charge in [-0.2, -0.15) is 0 Å². The molecule has 0 spiro atoms. The smallest absolute Gasteiger partial charge is 0.290 e. The summed E-state index contributed by atoms with van der Waals surface area (Å²) in [6.45, 7) is 1.39. The van der Waals surface area contributed by atoms with Crippen molar-refractivity contribution in [2.45, 2.75) is 12.5 Å². The Labute approximate surface area is 185 Å². The summed E-state index contributed by atoms with van der Waals surface area (Å²) in [6, 6.07) is 12.6. The quantitative estimate of drug-likeness (QED) is 0.485. The van der Waals surface area contributed by atoms with Gasteiger partial charge in [0.25, 0.3) is 5.91 Å². The minimum Gasteiger partial charge on any atom is -0.450 e. The van der Waals surface area contributed by atoms with E-state index >= 15 is 0 Å². The Bertz CT molecular complexity index is 1140. The van der Waals surface area contributed by atoms with Gasteiger partial charge in [0.05, 0.1) is 17.0 Å². The van der Waals surface area contributed by atoms with Crippen molar-refractivity contribution in [2.24, 2.45) is 0 Å². The summed E-state index contributed by atoms with van der Waals surface area (Å²) in [5.41, 5.74) is 1.59. The van der Waals surface area contributed by atoms with Crippen molar-refractivity contribution in [1.29, 1.82) is 0 Å². The van der Waals surface area contributed by atoms with Gasteiger partial charge in [-0.05, 0) is 63.0 Å². The van der Waals surface area contributed by atoms with E-state index in [1.807, 2.05) is 38.4 Å². The summed E-state index contributed by atoms with van der Waals surface area (Å²) in [5.74, 6) is -0.0730. The van der Waals surface area contributed by atoms with Crippen molar-refractivity contribution < 1.29 is 9.21 Å². The minimum atomic E-state index is -0.451. The molecule has 0 N–H and O–H groups in total. The highest BCUT2D eigenvalue weighted by Crippen LogP contribution is 2.38. The molecule has 1 amide bonds. The first kappa shape index (κ1) is 20.3. The lowest BCUT2D eigenvalue weighted by molar-refractivity contribution is 0.0722. The van der Waals surface area contributed by atoms with E-state index in [-0.39, 0.29) is 17.1 Å². The average Bonchev–Trinajstić information content (AvgIpc) is 2.95. The fraction of sp³-hybridized carbons (Fsp3) is 0.273. The summed E-state index contributed by atoms with van der Waals surface area (Å²) in [6.07, 6.45) is 0.805. The number of rotatable bonds is 5. The molecule has 1 unspecified atom stereocenters. The molecule has 0 fully saturated rings. The van der Waals surface area contributed by atoms with E-state index in [0.717, 1.165) is 27.5 Å². The molecule has 1 aliphatic heterocycles. The van der Waals surface area contributed by atoms with Crippen LogP contribution in [0.3, 0.4) is 0 Å². The largest absolute Gasteiger partial charge is 0.450 e. The molecule has 0 bridgehead atoms. The van der Waals surface area contributed by atoms with E-state index in [4.69, 9.17) is 4.42 Å². The molecule has 2 aromatic carbocycles. The van der Waals surface area contributed by atoms with E-state index in [1.54, 1.807) is 23.1 Å². The summed E-state index contributed by atoms with van der Waals surface area (Å²) in [4.78, 5) is 30.5. The van der Waals surface area contributed by atoms with Gasteiger partial charge in [-0.25, -0.2) is 0 Å². The summed E-state index contributed by atoms with van der Waals surface area (Å²) >= 11 is 6.87. The van der Waals surface area contributed by atoms with Gasteiger partial charge in [-0.15, -0.1) is 0 Å². The molecule has 0 saturated carbocycles. The lowest BCUT2D eigenvalue weighted by Gasteiger charge is -2.25. The molecule has 0 aliphatic carbocycles. The molecule has 0 saturated heterocycles. The molecule has 0 radical (unpaired) electrons. The molecule has 5 nitrogen and oxygen atoms in total. The standard InChI is InChI=1S/C22H20Br2N2O3/c1-25(2)10-3-11-26-19(13-4-6-14(23)7-5-13)18-20(27)16-12-15(24)8-9-17(16)29-21(18)22(26)28/h4-9,12,19H,3,10-11H2,1-2H3.